The number of nitrogens with one attached hydrogen (secondary N) is 1. The Bertz CT molecular complexity index is 476. The van der Waals surface area contributed by atoms with Crippen molar-refractivity contribution in [2.24, 2.45) is 0 Å². The molecule has 4 heteroatoms. The van der Waals surface area contributed by atoms with Crippen LogP contribution in [-0.4, -0.2) is 10.2 Å². The van der Waals surface area contributed by atoms with E-state index in [-0.39, 0.29) is 10.9 Å². The molecule has 0 saturated heterocycles. The Kier molecular flexibility index (Phi) is 2.19. The molecule has 0 bridgehead atoms. The molecule has 0 spiro atoms. The third-order valence-electron chi connectivity index (χ3n) is 2.18. The van der Waals surface area contributed by atoms with Crippen molar-refractivity contribution >= 4 is 22.5 Å². The van der Waals surface area contributed by atoms with Crippen molar-refractivity contribution in [1.82, 2.24) is 10.2 Å². The molecule has 0 unspecified atom stereocenters. The van der Waals surface area contributed by atoms with Crippen LogP contribution < -0.4 is 0 Å². The maximum Gasteiger partial charge on any atom is 0.142 e. The predicted octanol–water partition coefficient (Wildman–Crippen LogP) is 3.48. The Hall–Kier alpha value is -1.09. The first-order chi connectivity index (χ1) is 6.59. The van der Waals surface area contributed by atoms with Crippen LogP contribution in [0.3, 0.4) is 0 Å². The molecule has 0 saturated carbocycles. The van der Waals surface area contributed by atoms with Gasteiger partial charge in [-0.3, -0.25) is 5.10 Å². The van der Waals surface area contributed by atoms with Crippen LogP contribution in [0.5, 0.6) is 0 Å². The Morgan fingerprint density at radius 1 is 1.43 bits per heavy atom. The number of benzene rings is 1. The lowest BCUT2D eigenvalue weighted by atomic mass is 10.1. The monoisotopic (exact) mass is 212 g/mol. The summed E-state index contributed by atoms with van der Waals surface area (Å²) >= 11 is 5.65. The van der Waals surface area contributed by atoms with Crippen molar-refractivity contribution < 1.29 is 4.39 Å². The second kappa shape index (κ2) is 3.24. The number of aromatic amines is 1. The van der Waals surface area contributed by atoms with E-state index in [2.05, 4.69) is 10.2 Å². The van der Waals surface area contributed by atoms with Crippen molar-refractivity contribution in [3.05, 3.63) is 28.7 Å². The Morgan fingerprint density at radius 2 is 2.14 bits per heavy atom. The van der Waals surface area contributed by atoms with Crippen molar-refractivity contribution in [3.8, 4) is 0 Å². The minimum absolute atomic E-state index is 0.122. The molecule has 0 atom stereocenters. The molecule has 0 fully saturated rings. The van der Waals surface area contributed by atoms with Crippen molar-refractivity contribution in [2.75, 3.05) is 0 Å². The van der Waals surface area contributed by atoms with Gasteiger partial charge in [0.15, 0.2) is 0 Å². The summed E-state index contributed by atoms with van der Waals surface area (Å²) in [6.45, 7) is 4.03. The van der Waals surface area contributed by atoms with E-state index in [1.807, 2.05) is 13.8 Å². The normalized spacial score (nSPS) is 11.5. The Morgan fingerprint density at radius 3 is 2.79 bits per heavy atom. The maximum absolute atomic E-state index is 13.2. The number of fused-ring (bicyclic) bond motifs is 1. The molecule has 0 aliphatic carbocycles. The van der Waals surface area contributed by atoms with Crippen LogP contribution in [0, 0.1) is 5.82 Å². The van der Waals surface area contributed by atoms with Crippen LogP contribution in [0.2, 0.25) is 5.02 Å². The zero-order valence-corrected chi connectivity index (χ0v) is 8.69. The molecule has 1 aromatic carbocycles. The zero-order valence-electron chi connectivity index (χ0n) is 7.94. The summed E-state index contributed by atoms with van der Waals surface area (Å²) in [6.07, 6.45) is 0. The molecule has 0 aliphatic heterocycles. The fourth-order valence-corrected chi connectivity index (χ4v) is 1.64. The highest BCUT2D eigenvalue weighted by molar-refractivity contribution is 6.31. The molecule has 1 heterocycles. The molecule has 2 rings (SSSR count). The summed E-state index contributed by atoms with van der Waals surface area (Å²) in [5, 5.41) is 7.89. The summed E-state index contributed by atoms with van der Waals surface area (Å²) in [5.74, 6) is -0.133. The number of halogens is 2. The van der Waals surface area contributed by atoms with E-state index in [1.165, 1.54) is 6.07 Å². The minimum Gasteiger partial charge on any atom is -0.277 e. The molecule has 2 aromatic rings. The molecule has 74 valence electrons. The zero-order chi connectivity index (χ0) is 10.3. The lowest BCUT2D eigenvalue weighted by molar-refractivity contribution is 0.630. The molecule has 0 aliphatic rings. The first-order valence-corrected chi connectivity index (χ1v) is 4.80. The standard InChI is InChI=1S/C10H10ClFN2/c1-5(2)10-6-3-8(12)7(11)4-9(6)13-14-10/h3-5H,1-2H3,(H,13,14). The van der Waals surface area contributed by atoms with Crippen LogP contribution in [-0.2, 0) is 0 Å². The van der Waals surface area contributed by atoms with E-state index in [4.69, 9.17) is 11.6 Å². The quantitative estimate of drug-likeness (QED) is 0.770. The van der Waals surface area contributed by atoms with Gasteiger partial charge in [-0.2, -0.15) is 5.10 Å². The van der Waals surface area contributed by atoms with Gasteiger partial charge in [0.25, 0.3) is 0 Å². The van der Waals surface area contributed by atoms with E-state index in [0.717, 1.165) is 16.6 Å². The van der Waals surface area contributed by atoms with E-state index in [1.54, 1.807) is 6.07 Å². The molecule has 1 N–H and O–H groups in total. The van der Waals surface area contributed by atoms with E-state index in [9.17, 15) is 4.39 Å². The summed E-state index contributed by atoms with van der Waals surface area (Å²) < 4.78 is 13.2. The van der Waals surface area contributed by atoms with E-state index < -0.39 is 5.82 Å². The fraction of sp³-hybridized carbons (Fsp3) is 0.300. The van der Waals surface area contributed by atoms with Gasteiger partial charge in [0.2, 0.25) is 0 Å². The minimum atomic E-state index is -0.400. The van der Waals surface area contributed by atoms with Gasteiger partial charge in [-0.15, -0.1) is 0 Å². The molecule has 0 radical (unpaired) electrons. The lowest BCUT2D eigenvalue weighted by Crippen LogP contribution is -1.88. The van der Waals surface area contributed by atoms with E-state index >= 15 is 0 Å². The fourth-order valence-electron chi connectivity index (χ4n) is 1.47. The Labute approximate surface area is 86.1 Å². The largest absolute Gasteiger partial charge is 0.277 e. The van der Waals surface area contributed by atoms with Gasteiger partial charge in [0, 0.05) is 5.39 Å². The second-order valence-corrected chi connectivity index (χ2v) is 3.98. The van der Waals surface area contributed by atoms with Gasteiger partial charge >= 0.3 is 0 Å². The highest BCUT2D eigenvalue weighted by Gasteiger charge is 2.11. The van der Waals surface area contributed by atoms with Crippen LogP contribution in [0.1, 0.15) is 25.5 Å². The van der Waals surface area contributed by atoms with Crippen molar-refractivity contribution in [2.45, 2.75) is 19.8 Å². The van der Waals surface area contributed by atoms with Gasteiger partial charge < -0.3 is 0 Å². The molecular weight excluding hydrogens is 203 g/mol. The maximum atomic E-state index is 13.2. The third kappa shape index (κ3) is 1.38. The predicted molar refractivity (Wildman–Crippen MR) is 55.2 cm³/mol. The van der Waals surface area contributed by atoms with Crippen molar-refractivity contribution in [1.29, 1.82) is 0 Å². The number of nitrogens with zero attached hydrogens (tertiary/aromatic N) is 1. The Balaban J connectivity index is 2.74. The van der Waals surface area contributed by atoms with Crippen LogP contribution in [0.4, 0.5) is 4.39 Å². The number of aromatic nitrogens is 2. The topological polar surface area (TPSA) is 28.7 Å². The molecule has 2 nitrogen and oxygen atoms in total. The van der Waals surface area contributed by atoms with Crippen LogP contribution >= 0.6 is 11.6 Å². The summed E-state index contributed by atoms with van der Waals surface area (Å²) in [5.41, 5.74) is 1.65. The smallest absolute Gasteiger partial charge is 0.142 e. The highest BCUT2D eigenvalue weighted by atomic mass is 35.5. The number of H-pyrrole nitrogens is 1. The average Bonchev–Trinajstić information content (AvgIpc) is 2.48. The van der Waals surface area contributed by atoms with Crippen LogP contribution in [0.15, 0.2) is 12.1 Å². The molecule has 1 aromatic heterocycles. The number of rotatable bonds is 1. The second-order valence-electron chi connectivity index (χ2n) is 3.58. The molecule has 0 amide bonds. The summed E-state index contributed by atoms with van der Waals surface area (Å²) in [4.78, 5) is 0. The summed E-state index contributed by atoms with van der Waals surface area (Å²) in [7, 11) is 0. The first-order valence-electron chi connectivity index (χ1n) is 4.42. The van der Waals surface area contributed by atoms with Gasteiger partial charge in [-0.1, -0.05) is 25.4 Å². The first kappa shape index (κ1) is 9.46. The highest BCUT2D eigenvalue weighted by Crippen LogP contribution is 2.27. The van der Waals surface area contributed by atoms with Crippen molar-refractivity contribution in [3.63, 3.8) is 0 Å². The van der Waals surface area contributed by atoms with Crippen LogP contribution in [0.25, 0.3) is 10.9 Å². The average molecular weight is 213 g/mol. The van der Waals surface area contributed by atoms with Gasteiger partial charge in [-0.05, 0) is 18.1 Å². The molecular formula is C10H10ClFN2. The lowest BCUT2D eigenvalue weighted by Gasteiger charge is -2.00. The van der Waals surface area contributed by atoms with Gasteiger partial charge in [0.05, 0.1) is 16.2 Å². The third-order valence-corrected chi connectivity index (χ3v) is 2.47. The van der Waals surface area contributed by atoms with Gasteiger partial charge in [-0.25, -0.2) is 4.39 Å². The van der Waals surface area contributed by atoms with Gasteiger partial charge in [0.1, 0.15) is 5.82 Å². The SMILES string of the molecule is CC(C)c1n[nH]c2cc(Cl)c(F)cc12. The number of hydrogen-bond donors (Lipinski definition) is 1. The summed E-state index contributed by atoms with van der Waals surface area (Å²) in [6, 6.07) is 2.99. The molecule has 14 heavy (non-hydrogen) atoms. The van der Waals surface area contributed by atoms with E-state index in [0.29, 0.717) is 0 Å². The number of hydrogen-bond acceptors (Lipinski definition) is 1.